The van der Waals surface area contributed by atoms with Gasteiger partial charge in [0.1, 0.15) is 0 Å². The third kappa shape index (κ3) is 4.42. The number of carbonyl (C=O) groups excluding carboxylic acids is 1. The van der Waals surface area contributed by atoms with Crippen LogP contribution in [0.25, 0.3) is 5.69 Å². The van der Waals surface area contributed by atoms with Crippen LogP contribution in [0.2, 0.25) is 0 Å². The van der Waals surface area contributed by atoms with E-state index in [2.05, 4.69) is 15.5 Å². The van der Waals surface area contributed by atoms with E-state index in [1.807, 2.05) is 0 Å². The fraction of sp³-hybridized carbons (Fsp3) is 0.235. The fourth-order valence-electron chi connectivity index (χ4n) is 2.55. The first-order valence-electron chi connectivity index (χ1n) is 8.00. The molecular weight excluding hydrogens is 422 g/mol. The molecule has 3 aromatic rings. The van der Waals surface area contributed by atoms with E-state index in [1.165, 1.54) is 23.5 Å². The maximum Gasteiger partial charge on any atom is 0.452 e. The van der Waals surface area contributed by atoms with Crippen LogP contribution in [0.4, 0.5) is 32.0 Å². The fourth-order valence-corrected chi connectivity index (χ4v) is 3.41. The van der Waals surface area contributed by atoms with Crippen molar-refractivity contribution < 1.29 is 31.1 Å². The smallest absolute Gasteiger partial charge is 0.378 e. The van der Waals surface area contributed by atoms with Gasteiger partial charge in [-0.2, -0.15) is 26.3 Å². The van der Waals surface area contributed by atoms with Crippen LogP contribution in [0.5, 0.6) is 0 Å². The average Bonchev–Trinajstić information content (AvgIpc) is 3.26. The molecule has 3 rings (SSSR count). The van der Waals surface area contributed by atoms with E-state index in [0.29, 0.717) is 10.6 Å². The molecular formula is C17H12F6N4OS. The first-order valence-corrected chi connectivity index (χ1v) is 8.88. The Labute approximate surface area is 164 Å². The number of hydrogen-bond donors (Lipinski definition) is 1. The van der Waals surface area contributed by atoms with Crippen molar-refractivity contribution in [3.8, 4) is 5.69 Å². The zero-order valence-corrected chi connectivity index (χ0v) is 15.4. The zero-order chi connectivity index (χ0) is 21.4. The van der Waals surface area contributed by atoms with Crippen LogP contribution in [0.1, 0.15) is 26.9 Å². The van der Waals surface area contributed by atoms with Gasteiger partial charge in [0.2, 0.25) is 11.6 Å². The van der Waals surface area contributed by atoms with E-state index in [-0.39, 0.29) is 16.9 Å². The molecule has 2 aromatic heterocycles. The van der Waals surface area contributed by atoms with Gasteiger partial charge in [0.15, 0.2) is 5.78 Å². The maximum atomic E-state index is 13.1. The highest BCUT2D eigenvalue weighted by molar-refractivity contribution is 7.12. The first-order chi connectivity index (χ1) is 13.5. The van der Waals surface area contributed by atoms with E-state index in [1.54, 1.807) is 18.4 Å². The van der Waals surface area contributed by atoms with E-state index >= 15 is 0 Å². The maximum absolute atomic E-state index is 13.1. The topological polar surface area (TPSA) is 59.8 Å². The number of halogens is 6. The largest absolute Gasteiger partial charge is 0.452 e. The summed E-state index contributed by atoms with van der Waals surface area (Å²) in [6, 6.07) is 6.44. The van der Waals surface area contributed by atoms with Crippen LogP contribution in [0.15, 0.2) is 35.7 Å². The van der Waals surface area contributed by atoms with Gasteiger partial charge < -0.3 is 5.32 Å². The lowest BCUT2D eigenvalue weighted by Crippen LogP contribution is -2.19. The summed E-state index contributed by atoms with van der Waals surface area (Å²) in [6.45, 7) is 1.71. The zero-order valence-electron chi connectivity index (χ0n) is 14.6. The molecule has 0 unspecified atom stereocenters. The van der Waals surface area contributed by atoms with Gasteiger partial charge in [0.25, 0.3) is 0 Å². The molecule has 1 N–H and O–H groups in total. The number of carbonyl (C=O) groups is 1. The molecule has 0 amide bonds. The minimum Gasteiger partial charge on any atom is -0.378 e. The molecule has 5 nitrogen and oxygen atoms in total. The third-order valence-corrected chi connectivity index (χ3v) is 4.92. The number of aromatic nitrogens is 3. The van der Waals surface area contributed by atoms with Crippen LogP contribution in [-0.4, -0.2) is 27.1 Å². The molecule has 0 aliphatic carbocycles. The van der Waals surface area contributed by atoms with Gasteiger partial charge in [-0.05, 0) is 48.2 Å². The van der Waals surface area contributed by atoms with Crippen LogP contribution >= 0.6 is 11.3 Å². The second-order valence-corrected chi connectivity index (χ2v) is 6.85. The molecule has 0 fully saturated rings. The minimum absolute atomic E-state index is 0.0745. The summed E-state index contributed by atoms with van der Waals surface area (Å²) in [7, 11) is 0. The lowest BCUT2D eigenvalue weighted by molar-refractivity contribution is -0.153. The van der Waals surface area contributed by atoms with Gasteiger partial charge in [-0.25, -0.2) is 0 Å². The number of Topliss-reactive ketones (excluding diaryl/α,β-unsaturated/α-hetero) is 1. The van der Waals surface area contributed by atoms with Gasteiger partial charge >= 0.3 is 12.4 Å². The number of alkyl halides is 6. The van der Waals surface area contributed by atoms with Crippen molar-refractivity contribution in [2.75, 3.05) is 11.9 Å². The molecule has 2 heterocycles. The number of rotatable bonds is 5. The highest BCUT2D eigenvalue weighted by Crippen LogP contribution is 2.36. The highest BCUT2D eigenvalue weighted by atomic mass is 32.1. The van der Waals surface area contributed by atoms with Crippen molar-refractivity contribution in [3.63, 3.8) is 0 Å². The average molecular weight is 434 g/mol. The standard InChI is InChI=1S/C17H12F6N4OS/c1-9-6-7-29-13(9)12(28)8-24-10-2-4-11(5-3-10)27-14(16(18,19)20)25-26-15(27)17(21,22)23/h2-7,24H,8H2,1H3. The lowest BCUT2D eigenvalue weighted by Gasteiger charge is -2.14. The molecule has 154 valence electrons. The second-order valence-electron chi connectivity index (χ2n) is 5.93. The molecule has 0 aliphatic heterocycles. The van der Waals surface area contributed by atoms with Crippen LogP contribution in [0, 0.1) is 6.92 Å². The summed E-state index contributed by atoms with van der Waals surface area (Å²) >= 11 is 1.28. The monoisotopic (exact) mass is 434 g/mol. The molecule has 12 heteroatoms. The Hall–Kier alpha value is -2.89. The summed E-state index contributed by atoms with van der Waals surface area (Å²) < 4.78 is 78.2. The van der Waals surface area contributed by atoms with Gasteiger partial charge in [-0.1, -0.05) is 0 Å². The number of nitrogens with zero attached hydrogens (tertiary/aromatic N) is 3. The Kier molecular flexibility index (Phi) is 5.39. The number of hydrogen-bond acceptors (Lipinski definition) is 5. The highest BCUT2D eigenvalue weighted by Gasteiger charge is 2.45. The molecule has 0 saturated carbocycles. The molecule has 0 saturated heterocycles. The van der Waals surface area contributed by atoms with Crippen molar-refractivity contribution in [1.29, 1.82) is 0 Å². The van der Waals surface area contributed by atoms with Crippen molar-refractivity contribution >= 4 is 22.8 Å². The SMILES string of the molecule is Cc1ccsc1C(=O)CNc1ccc(-n2c(C(F)(F)F)nnc2C(F)(F)F)cc1. The van der Waals surface area contributed by atoms with Gasteiger partial charge in [0.05, 0.1) is 11.4 Å². The van der Waals surface area contributed by atoms with Crippen molar-refractivity contribution in [2.24, 2.45) is 0 Å². The number of benzene rings is 1. The van der Waals surface area contributed by atoms with Gasteiger partial charge in [-0.3, -0.25) is 9.36 Å². The second kappa shape index (κ2) is 7.50. The van der Waals surface area contributed by atoms with E-state index < -0.39 is 29.7 Å². The summed E-state index contributed by atoms with van der Waals surface area (Å²) in [5.74, 6) is -3.75. The van der Waals surface area contributed by atoms with Gasteiger partial charge in [0, 0.05) is 11.4 Å². The first kappa shape index (κ1) is 20.8. The summed E-state index contributed by atoms with van der Waals surface area (Å²) in [4.78, 5) is 12.7. The number of aryl methyl sites for hydroxylation is 1. The van der Waals surface area contributed by atoms with Crippen molar-refractivity contribution in [1.82, 2.24) is 14.8 Å². The van der Waals surface area contributed by atoms with Gasteiger partial charge in [-0.15, -0.1) is 21.5 Å². The number of anilines is 1. The quantitative estimate of drug-likeness (QED) is 0.455. The van der Waals surface area contributed by atoms with Crippen LogP contribution < -0.4 is 5.32 Å². The number of thiophene rings is 1. The Morgan fingerprint density at radius 3 is 2.00 bits per heavy atom. The molecule has 0 bridgehead atoms. The van der Waals surface area contributed by atoms with Crippen molar-refractivity contribution in [3.05, 3.63) is 57.8 Å². The molecule has 29 heavy (non-hydrogen) atoms. The Bertz CT molecular complexity index is 988. The van der Waals surface area contributed by atoms with E-state index in [4.69, 9.17) is 0 Å². The van der Waals surface area contributed by atoms with E-state index in [9.17, 15) is 31.1 Å². The number of ketones is 1. The summed E-state index contributed by atoms with van der Waals surface area (Å²) in [5, 5.41) is 9.88. The molecule has 0 aliphatic rings. The minimum atomic E-state index is -5.13. The summed E-state index contributed by atoms with van der Waals surface area (Å²) in [5.41, 5.74) is 0.760. The number of nitrogens with one attached hydrogen (secondary N) is 1. The van der Waals surface area contributed by atoms with Crippen LogP contribution in [-0.2, 0) is 12.4 Å². The van der Waals surface area contributed by atoms with E-state index in [0.717, 1.165) is 17.7 Å². The van der Waals surface area contributed by atoms with Crippen molar-refractivity contribution in [2.45, 2.75) is 19.3 Å². The molecule has 1 aromatic carbocycles. The third-order valence-electron chi connectivity index (χ3n) is 3.86. The molecule has 0 atom stereocenters. The van der Waals surface area contributed by atoms with Crippen LogP contribution in [0.3, 0.4) is 0 Å². The Morgan fingerprint density at radius 2 is 1.55 bits per heavy atom. The Morgan fingerprint density at radius 1 is 1.00 bits per heavy atom. The lowest BCUT2D eigenvalue weighted by atomic mass is 10.2. The molecule has 0 spiro atoms. The summed E-state index contributed by atoms with van der Waals surface area (Å²) in [6.07, 6.45) is -10.3. The molecule has 0 radical (unpaired) electrons. The predicted molar refractivity (Wildman–Crippen MR) is 93.2 cm³/mol. The Balaban J connectivity index is 1.84. The normalized spacial score (nSPS) is 12.2. The predicted octanol–water partition coefficient (Wildman–Crippen LogP) is 4.97.